The monoisotopic (exact) mass is 183 g/mol. The minimum absolute atomic E-state index is 0.00893. The van der Waals surface area contributed by atoms with Gasteiger partial charge in [0.2, 0.25) is 0 Å². The molecule has 0 fully saturated rings. The van der Waals surface area contributed by atoms with Crippen LogP contribution in [0.2, 0.25) is 0 Å². The number of carbonyl (C=O) groups excluding carboxylic acids is 1. The van der Waals surface area contributed by atoms with Crippen molar-refractivity contribution in [3.05, 3.63) is 41.8 Å². The third-order valence-corrected chi connectivity index (χ3v) is 1.06. The van der Waals surface area contributed by atoms with Gasteiger partial charge in [0.1, 0.15) is 0 Å². The molecule has 0 aliphatic rings. The summed E-state index contributed by atoms with van der Waals surface area (Å²) < 4.78 is 57.4. The predicted octanol–water partition coefficient (Wildman–Crippen LogP) is 2.26. The van der Waals surface area contributed by atoms with Crippen LogP contribution in [0.1, 0.15) is 22.1 Å². The lowest BCUT2D eigenvalue weighted by atomic mass is 10.2. The van der Waals surface area contributed by atoms with Crippen LogP contribution in [0.4, 0.5) is 0 Å². The Hall–Kier alpha value is -1.57. The maximum Gasteiger partial charge on any atom is 0.330 e. The molecule has 0 saturated carbocycles. The summed E-state index contributed by atoms with van der Waals surface area (Å²) in [6, 6.07) is -4.72. The lowest BCUT2D eigenvalue weighted by Crippen LogP contribution is -1.98. The fraction of sp³-hybridized carbons (Fsp3) is 0.182. The van der Waals surface area contributed by atoms with Crippen molar-refractivity contribution >= 4 is 12.0 Å². The highest BCUT2D eigenvalue weighted by molar-refractivity contribution is 5.86. The van der Waals surface area contributed by atoms with E-state index in [1.165, 1.54) is 6.92 Å². The van der Waals surface area contributed by atoms with Gasteiger partial charge < -0.3 is 4.74 Å². The van der Waals surface area contributed by atoms with Crippen molar-refractivity contribution in [2.75, 3.05) is 6.61 Å². The van der Waals surface area contributed by atoms with Crippen LogP contribution in [-0.4, -0.2) is 12.6 Å². The number of ether oxygens (including phenoxy) is 1. The first kappa shape index (κ1) is 3.66. The molecule has 0 spiro atoms. The third kappa shape index (κ3) is 3.56. The van der Waals surface area contributed by atoms with Gasteiger partial charge in [-0.25, -0.2) is 4.79 Å². The van der Waals surface area contributed by atoms with Gasteiger partial charge in [0.15, 0.2) is 0 Å². The summed E-state index contributed by atoms with van der Waals surface area (Å²) in [4.78, 5) is 11.4. The van der Waals surface area contributed by atoms with Crippen molar-refractivity contribution < 1.29 is 19.1 Å². The molecule has 0 radical (unpaired) electrons. The summed E-state index contributed by atoms with van der Waals surface area (Å²) >= 11 is 0. The van der Waals surface area contributed by atoms with E-state index in [9.17, 15) is 4.79 Å². The molecule has 0 aliphatic heterocycles. The van der Waals surface area contributed by atoms with Crippen LogP contribution < -0.4 is 0 Å². The van der Waals surface area contributed by atoms with Crippen molar-refractivity contribution in [2.45, 2.75) is 6.92 Å². The zero-order valence-electron chi connectivity index (χ0n) is 14.0. The molecule has 13 heavy (non-hydrogen) atoms. The lowest BCUT2D eigenvalue weighted by molar-refractivity contribution is -0.137. The average molecular weight is 183 g/mol. The molecular formula is C11H12O2. The maximum absolute atomic E-state index is 11.4. The van der Waals surface area contributed by atoms with E-state index in [0.717, 1.165) is 0 Å². The van der Waals surface area contributed by atoms with E-state index in [2.05, 4.69) is 4.74 Å². The molecule has 0 amide bonds. The highest BCUT2D eigenvalue weighted by Crippen LogP contribution is 2.00. The van der Waals surface area contributed by atoms with E-state index >= 15 is 0 Å². The van der Waals surface area contributed by atoms with Gasteiger partial charge in [-0.2, -0.15) is 0 Å². The number of esters is 1. The molecule has 1 aromatic carbocycles. The second-order valence-corrected chi connectivity index (χ2v) is 1.97. The molecule has 1 rings (SSSR count). The number of carbonyl (C=O) groups is 1. The van der Waals surface area contributed by atoms with Gasteiger partial charge in [-0.1, -0.05) is 30.2 Å². The van der Waals surface area contributed by atoms with Gasteiger partial charge >= 0.3 is 5.97 Å². The van der Waals surface area contributed by atoms with Crippen LogP contribution in [0.5, 0.6) is 0 Å². The van der Waals surface area contributed by atoms with Crippen LogP contribution in [0.15, 0.2) is 36.3 Å². The lowest BCUT2D eigenvalue weighted by Gasteiger charge is -1.94. The van der Waals surface area contributed by atoms with Gasteiger partial charge in [-0.05, 0) is 18.5 Å². The average Bonchev–Trinajstić information content (AvgIpc) is 2.42. The zero-order chi connectivity index (χ0) is 15.6. The Kier molecular flexibility index (Phi) is 1.45. The number of hydrogen-bond acceptors (Lipinski definition) is 2. The Balaban J connectivity index is 3.55. The Morgan fingerprint density at radius 3 is 2.92 bits per heavy atom. The highest BCUT2D eigenvalue weighted by atomic mass is 16.5. The fourth-order valence-electron chi connectivity index (χ4n) is 0.593. The van der Waals surface area contributed by atoms with E-state index in [1.54, 1.807) is 0 Å². The topological polar surface area (TPSA) is 26.3 Å². The van der Waals surface area contributed by atoms with Gasteiger partial charge in [0.25, 0.3) is 0 Å². The SMILES string of the molecule is [2H]/C(C(=O)OCC)=C(/[2H])c1c([2H])c([2H])c([2H])c([2H])c1[2H]. The molecule has 0 unspecified atom stereocenters. The molecule has 1 aromatic rings. The summed E-state index contributed by atoms with van der Waals surface area (Å²) in [5.41, 5.74) is -0.492. The molecule has 0 aromatic heterocycles. The van der Waals surface area contributed by atoms with Crippen molar-refractivity contribution in [3.8, 4) is 0 Å². The predicted molar refractivity (Wildman–Crippen MR) is 52.1 cm³/mol. The zero-order valence-corrected chi connectivity index (χ0v) is 7.02. The first-order valence-electron chi connectivity index (χ1n) is 7.15. The van der Waals surface area contributed by atoms with E-state index in [4.69, 9.17) is 9.60 Å². The van der Waals surface area contributed by atoms with Crippen LogP contribution >= 0.6 is 0 Å². The van der Waals surface area contributed by atoms with Crippen LogP contribution in [0.3, 0.4) is 0 Å². The molecule has 0 heterocycles. The van der Waals surface area contributed by atoms with Crippen LogP contribution in [0.25, 0.3) is 6.05 Å². The van der Waals surface area contributed by atoms with Gasteiger partial charge in [0, 0.05) is 6.05 Å². The molecule has 0 N–H and O–H groups in total. The quantitative estimate of drug-likeness (QED) is 0.530. The second kappa shape index (κ2) is 5.14. The minimum Gasteiger partial charge on any atom is -0.463 e. The molecule has 68 valence electrons. The molecule has 0 saturated heterocycles. The summed E-state index contributed by atoms with van der Waals surface area (Å²) in [6.07, 6.45) is 0. The first-order valence-corrected chi connectivity index (χ1v) is 3.65. The molecule has 2 heteroatoms. The van der Waals surface area contributed by atoms with Crippen LogP contribution in [-0.2, 0) is 9.53 Å². The summed E-state index contributed by atoms with van der Waals surface area (Å²) in [7, 11) is 0. The van der Waals surface area contributed by atoms with Crippen molar-refractivity contribution in [1.82, 2.24) is 0 Å². The summed E-state index contributed by atoms with van der Waals surface area (Å²) in [6.45, 7) is 1.54. The van der Waals surface area contributed by atoms with E-state index in [-0.39, 0.29) is 6.61 Å². The Labute approximate surface area is 87.7 Å². The molecule has 0 aliphatic carbocycles. The minimum atomic E-state index is -1.08. The number of hydrogen-bond donors (Lipinski definition) is 0. The highest BCUT2D eigenvalue weighted by Gasteiger charge is 1.92. The van der Waals surface area contributed by atoms with Crippen molar-refractivity contribution in [2.24, 2.45) is 0 Å². The van der Waals surface area contributed by atoms with Gasteiger partial charge in [-0.3, -0.25) is 0 Å². The Bertz CT molecular complexity index is 566. The molecule has 2 nitrogen and oxygen atoms in total. The number of benzene rings is 1. The Morgan fingerprint density at radius 2 is 2.31 bits per heavy atom. The van der Waals surface area contributed by atoms with Gasteiger partial charge in [-0.15, -0.1) is 0 Å². The smallest absolute Gasteiger partial charge is 0.330 e. The van der Waals surface area contributed by atoms with E-state index in [1.807, 2.05) is 0 Å². The molecule has 0 atom stereocenters. The fourth-order valence-corrected chi connectivity index (χ4v) is 0.593. The maximum atomic E-state index is 11.4. The molecule has 0 bridgehead atoms. The van der Waals surface area contributed by atoms with Crippen molar-refractivity contribution in [3.63, 3.8) is 0 Å². The van der Waals surface area contributed by atoms with Gasteiger partial charge in [0.05, 0.1) is 16.2 Å². The summed E-state index contributed by atoms with van der Waals surface area (Å²) in [5, 5.41) is 0. The normalized spacial score (nSPS) is 19.3. The third-order valence-electron chi connectivity index (χ3n) is 1.06. The second-order valence-electron chi connectivity index (χ2n) is 1.97. The van der Waals surface area contributed by atoms with E-state index < -0.39 is 53.8 Å². The first-order chi connectivity index (χ1) is 9.23. The largest absolute Gasteiger partial charge is 0.463 e. The Morgan fingerprint density at radius 1 is 1.62 bits per heavy atom. The number of rotatable bonds is 3. The van der Waals surface area contributed by atoms with E-state index in [0.29, 0.717) is 0 Å². The van der Waals surface area contributed by atoms with Crippen molar-refractivity contribution in [1.29, 1.82) is 0 Å². The standard InChI is InChI=1S/C11H12O2/c1-2-13-11(12)9-8-10-6-4-3-5-7-10/h3-9H,2H2,1H3/b9-8+/i3D,4D,5D,6D,7D,8D,9D. The summed E-state index contributed by atoms with van der Waals surface area (Å²) in [5.74, 6) is -1.08. The molecular weight excluding hydrogens is 164 g/mol. The van der Waals surface area contributed by atoms with Crippen LogP contribution in [0, 0.1) is 0 Å².